The van der Waals surface area contributed by atoms with Crippen LogP contribution in [0, 0.1) is 0 Å². The molecule has 82 valence electrons. The Balaban J connectivity index is 2.87. The monoisotopic (exact) mass is 208 g/mol. The first-order valence-corrected chi connectivity index (χ1v) is 4.78. The molecule has 0 unspecified atom stereocenters. The molecule has 0 saturated heterocycles. The Morgan fingerprint density at radius 2 is 2.27 bits per heavy atom. The summed E-state index contributed by atoms with van der Waals surface area (Å²) in [7, 11) is 1.67. The first-order valence-electron chi connectivity index (χ1n) is 4.78. The normalized spacial score (nSPS) is 11.2. The summed E-state index contributed by atoms with van der Waals surface area (Å²) in [4.78, 5) is 17.3. The van der Waals surface area contributed by atoms with E-state index in [9.17, 15) is 4.79 Å². The number of pyridine rings is 1. The van der Waals surface area contributed by atoms with Crippen LogP contribution in [0.5, 0.6) is 0 Å². The highest BCUT2D eigenvalue weighted by Crippen LogP contribution is 2.14. The Morgan fingerprint density at radius 1 is 1.60 bits per heavy atom. The van der Waals surface area contributed by atoms with E-state index in [1.807, 2.05) is 0 Å². The molecule has 15 heavy (non-hydrogen) atoms. The molecule has 0 aromatic carbocycles. The van der Waals surface area contributed by atoms with Gasteiger partial charge >= 0.3 is 0 Å². The van der Waals surface area contributed by atoms with E-state index >= 15 is 0 Å². The average Bonchev–Trinajstić information content (AvgIpc) is 2.28. The smallest absolute Gasteiger partial charge is 0.255 e. The minimum atomic E-state index is -0.563. The van der Waals surface area contributed by atoms with E-state index in [0.29, 0.717) is 5.56 Å². The van der Waals surface area contributed by atoms with Crippen molar-refractivity contribution in [3.8, 4) is 0 Å². The third-order valence-corrected chi connectivity index (χ3v) is 2.51. The summed E-state index contributed by atoms with van der Waals surface area (Å²) in [6.07, 6.45) is 3.14. The van der Waals surface area contributed by atoms with Crippen molar-refractivity contribution in [2.45, 2.75) is 19.4 Å². The Morgan fingerprint density at radius 3 is 2.73 bits per heavy atom. The molecule has 0 aliphatic heterocycles. The fraction of sp³-hybridized carbons (Fsp3) is 0.455. The van der Waals surface area contributed by atoms with Gasteiger partial charge in [-0.2, -0.15) is 0 Å². The largest absolute Gasteiger partial charge is 0.394 e. The number of nitrogens with zero attached hydrogens (tertiary/aromatic N) is 2. The van der Waals surface area contributed by atoms with Crippen LogP contribution in [-0.4, -0.2) is 40.1 Å². The molecule has 0 fully saturated rings. The first kappa shape index (κ1) is 11.7. The fourth-order valence-electron chi connectivity index (χ4n) is 1.06. The Labute approximate surface area is 89.6 Å². The molecular weight excluding hydrogens is 192 g/mol. The molecule has 0 aliphatic rings. The van der Waals surface area contributed by atoms with Crippen molar-refractivity contribution in [2.24, 2.45) is 0 Å². The molecule has 0 spiro atoms. The van der Waals surface area contributed by atoms with Crippen molar-refractivity contribution in [2.75, 3.05) is 13.7 Å². The summed E-state index contributed by atoms with van der Waals surface area (Å²) >= 11 is 0. The predicted molar refractivity (Wildman–Crippen MR) is 57.5 cm³/mol. The molecule has 0 bridgehead atoms. The maximum Gasteiger partial charge on any atom is 0.255 e. The molecule has 0 atom stereocenters. The molecule has 1 rings (SSSR count). The third kappa shape index (κ3) is 2.53. The molecule has 0 aliphatic carbocycles. The number of carbonyl (C=O) groups is 1. The van der Waals surface area contributed by atoms with Gasteiger partial charge in [0.2, 0.25) is 0 Å². The van der Waals surface area contributed by atoms with Crippen LogP contribution >= 0.6 is 0 Å². The fourth-order valence-corrected chi connectivity index (χ4v) is 1.06. The van der Waals surface area contributed by atoms with Gasteiger partial charge < -0.3 is 10.0 Å². The number of rotatable bonds is 3. The van der Waals surface area contributed by atoms with Gasteiger partial charge in [-0.15, -0.1) is 0 Å². The minimum Gasteiger partial charge on any atom is -0.394 e. The van der Waals surface area contributed by atoms with E-state index in [4.69, 9.17) is 5.11 Å². The van der Waals surface area contributed by atoms with Gasteiger partial charge in [-0.25, -0.2) is 0 Å². The highest BCUT2D eigenvalue weighted by molar-refractivity contribution is 5.94. The van der Waals surface area contributed by atoms with Crippen molar-refractivity contribution in [1.29, 1.82) is 0 Å². The molecular formula is C11H16N2O2. The summed E-state index contributed by atoms with van der Waals surface area (Å²) in [6.45, 7) is 3.54. The van der Waals surface area contributed by atoms with Crippen LogP contribution < -0.4 is 0 Å². The first-order chi connectivity index (χ1) is 6.99. The third-order valence-electron chi connectivity index (χ3n) is 2.51. The summed E-state index contributed by atoms with van der Waals surface area (Å²) in [6, 6.07) is 3.42. The zero-order valence-corrected chi connectivity index (χ0v) is 9.27. The number of likely N-dealkylation sites (N-methyl/N-ethyl adjacent to an activating group) is 1. The lowest BCUT2D eigenvalue weighted by atomic mass is 10.0. The molecule has 4 nitrogen and oxygen atoms in total. The Kier molecular flexibility index (Phi) is 3.42. The van der Waals surface area contributed by atoms with Gasteiger partial charge in [-0.3, -0.25) is 9.78 Å². The van der Waals surface area contributed by atoms with Gasteiger partial charge in [-0.05, 0) is 26.0 Å². The zero-order chi connectivity index (χ0) is 11.5. The van der Waals surface area contributed by atoms with Crippen LogP contribution in [0.4, 0.5) is 0 Å². The standard InChI is InChI=1S/C11H16N2O2/c1-11(2,8-14)13(3)10(15)9-5-4-6-12-7-9/h4-7,14H,8H2,1-3H3. The number of aliphatic hydroxyl groups excluding tert-OH is 1. The van der Waals surface area contributed by atoms with E-state index in [1.54, 1.807) is 39.2 Å². The summed E-state index contributed by atoms with van der Waals surface area (Å²) in [5.74, 6) is -0.137. The van der Waals surface area contributed by atoms with E-state index in [0.717, 1.165) is 0 Å². The van der Waals surface area contributed by atoms with Crippen LogP contribution in [0.3, 0.4) is 0 Å². The maximum absolute atomic E-state index is 11.9. The second-order valence-corrected chi connectivity index (χ2v) is 4.08. The Hall–Kier alpha value is -1.42. The van der Waals surface area contributed by atoms with Gasteiger partial charge in [0.25, 0.3) is 5.91 Å². The quantitative estimate of drug-likeness (QED) is 0.803. The topological polar surface area (TPSA) is 53.4 Å². The van der Waals surface area contributed by atoms with Crippen molar-refractivity contribution < 1.29 is 9.90 Å². The van der Waals surface area contributed by atoms with Crippen molar-refractivity contribution in [3.05, 3.63) is 30.1 Å². The lowest BCUT2D eigenvalue weighted by Gasteiger charge is -2.33. The van der Waals surface area contributed by atoms with E-state index in [1.165, 1.54) is 11.1 Å². The maximum atomic E-state index is 11.9. The molecule has 1 amide bonds. The van der Waals surface area contributed by atoms with E-state index < -0.39 is 5.54 Å². The van der Waals surface area contributed by atoms with Crippen molar-refractivity contribution >= 4 is 5.91 Å². The lowest BCUT2D eigenvalue weighted by molar-refractivity contribution is 0.0473. The summed E-state index contributed by atoms with van der Waals surface area (Å²) in [5.41, 5.74) is -0.0334. The van der Waals surface area contributed by atoms with Crippen LogP contribution in [0.15, 0.2) is 24.5 Å². The Bertz CT molecular complexity index is 336. The number of hydrogen-bond donors (Lipinski definition) is 1. The van der Waals surface area contributed by atoms with Crippen LogP contribution in [-0.2, 0) is 0 Å². The van der Waals surface area contributed by atoms with Crippen LogP contribution in [0.1, 0.15) is 24.2 Å². The van der Waals surface area contributed by atoms with Crippen LogP contribution in [0.2, 0.25) is 0 Å². The molecule has 0 radical (unpaired) electrons. The average molecular weight is 208 g/mol. The number of hydrogen-bond acceptors (Lipinski definition) is 3. The SMILES string of the molecule is CN(C(=O)c1cccnc1)C(C)(C)CO. The molecule has 1 heterocycles. The molecule has 1 N–H and O–H groups in total. The zero-order valence-electron chi connectivity index (χ0n) is 9.27. The van der Waals surface area contributed by atoms with Gasteiger partial charge in [-0.1, -0.05) is 0 Å². The van der Waals surface area contributed by atoms with Crippen molar-refractivity contribution in [3.63, 3.8) is 0 Å². The van der Waals surface area contributed by atoms with Gasteiger partial charge in [0, 0.05) is 19.4 Å². The lowest BCUT2D eigenvalue weighted by Crippen LogP contribution is -2.47. The highest BCUT2D eigenvalue weighted by atomic mass is 16.3. The summed E-state index contributed by atoms with van der Waals surface area (Å²) in [5, 5.41) is 9.15. The number of aliphatic hydroxyl groups is 1. The number of aromatic nitrogens is 1. The van der Waals surface area contributed by atoms with Gasteiger partial charge in [0.05, 0.1) is 17.7 Å². The van der Waals surface area contributed by atoms with Gasteiger partial charge in [0.1, 0.15) is 0 Å². The van der Waals surface area contributed by atoms with E-state index in [-0.39, 0.29) is 12.5 Å². The predicted octanol–water partition coefficient (Wildman–Crippen LogP) is 0.924. The number of carbonyl (C=O) groups excluding carboxylic acids is 1. The van der Waals surface area contributed by atoms with Gasteiger partial charge in [0.15, 0.2) is 0 Å². The highest BCUT2D eigenvalue weighted by Gasteiger charge is 2.27. The molecule has 0 saturated carbocycles. The van der Waals surface area contributed by atoms with Crippen molar-refractivity contribution in [1.82, 2.24) is 9.88 Å². The summed E-state index contributed by atoms with van der Waals surface area (Å²) < 4.78 is 0. The molecule has 1 aromatic rings. The molecule has 4 heteroatoms. The molecule has 1 aromatic heterocycles. The minimum absolute atomic E-state index is 0.0739. The van der Waals surface area contributed by atoms with E-state index in [2.05, 4.69) is 4.98 Å². The second-order valence-electron chi connectivity index (χ2n) is 4.08. The number of amides is 1. The second kappa shape index (κ2) is 4.40. The van der Waals surface area contributed by atoms with Crippen LogP contribution in [0.25, 0.3) is 0 Å².